The van der Waals surface area contributed by atoms with Crippen molar-refractivity contribution in [1.29, 1.82) is 0 Å². The van der Waals surface area contributed by atoms with Crippen molar-refractivity contribution in [2.45, 2.75) is 192 Å². The summed E-state index contributed by atoms with van der Waals surface area (Å²) >= 11 is 12.8. The number of nitrogens with one attached hydrogen (secondary N) is 3. The predicted molar refractivity (Wildman–Crippen MR) is 366 cm³/mol. The number of hydrogen-bond donors (Lipinski definition) is 3. The Labute approximate surface area is 589 Å². The lowest BCUT2D eigenvalue weighted by Gasteiger charge is -2.42. The number of likely N-dealkylation sites (N-methyl/N-ethyl adjacent to an activating group) is 7. The Balaban J connectivity index is 1.43. The van der Waals surface area contributed by atoms with E-state index in [2.05, 4.69) is 16.0 Å². The summed E-state index contributed by atoms with van der Waals surface area (Å²) in [5.41, 5.74) is -1.98. The number of carbonyl (C=O) groups is 12. The summed E-state index contributed by atoms with van der Waals surface area (Å²) in [6.45, 7) is 9.50. The quantitative estimate of drug-likeness (QED) is 0.254. The first-order valence-electron chi connectivity index (χ1n) is 34.3. The molecule has 2 aromatic carbocycles. The van der Waals surface area contributed by atoms with Gasteiger partial charge in [0, 0.05) is 80.4 Å². The Morgan fingerprint density at radius 3 is 1.85 bits per heavy atom. The van der Waals surface area contributed by atoms with Gasteiger partial charge in [-0.1, -0.05) is 108 Å². The molecule has 0 bridgehead atoms. The van der Waals surface area contributed by atoms with Crippen molar-refractivity contribution in [3.8, 4) is 0 Å². The van der Waals surface area contributed by atoms with Gasteiger partial charge in [0.1, 0.15) is 47.8 Å². The van der Waals surface area contributed by atoms with Crippen molar-refractivity contribution >= 4 is 94.1 Å². The highest BCUT2D eigenvalue weighted by molar-refractivity contribution is 6.31. The molecular weight excluding hydrogens is 1330 g/mol. The number of likely N-dealkylation sites (tertiary alicyclic amines) is 1. The number of amides is 12. The Bertz CT molecular complexity index is 3290. The van der Waals surface area contributed by atoms with Crippen LogP contribution in [-0.4, -0.2) is 251 Å². The fraction of sp³-hybridized carbons (Fsp3) is 0.657. The van der Waals surface area contributed by atoms with E-state index in [4.69, 9.17) is 23.2 Å². The van der Waals surface area contributed by atoms with Gasteiger partial charge in [0.05, 0.1) is 36.6 Å². The number of carbonyl (C=O) groups excluding carboxylic acids is 12. The van der Waals surface area contributed by atoms with Crippen LogP contribution in [0.4, 0.5) is 13.2 Å². The highest BCUT2D eigenvalue weighted by Crippen LogP contribution is 2.37. The van der Waals surface area contributed by atoms with E-state index in [1.165, 1.54) is 75.0 Å². The number of nitrogens with zero attached hydrogens (tertiary/aromatic N) is 9. The van der Waals surface area contributed by atoms with Gasteiger partial charge >= 0.3 is 6.18 Å². The standard InChI is InChI=1S/C70H101Cl2F3N12O12/c1-14-44(6)59-66(97)81(9)40-57(90)79(7)41-58(91)83(11)53(37-46-23-16-17-24-48(46)71)64(95)80(8)39-55(88)76-50(29-27-45-26-28-47(49(72)36-45)70(73,74)75)63(94)87-34-22-25-51(87)62(93)78-69(30-18-19-31-69)68(99)85(13)60(43(4)5)67(98)84(12)54(65(96)86-32-20-15-21-33-86)38-56(89)82(10)52(35-42(2)3)61(92)77-59/h16-17,23-24,26,28,36,42-44,50-54,59-60H,14-15,18-22,25,27,29-35,37-41H2,1-13H3,(H,76,88)(H,77,92)(H,78,93)/t44-,50-,51-,52-,53-,54-,59-,60-/m0/s1. The first kappa shape index (κ1) is 80.4. The van der Waals surface area contributed by atoms with Crippen LogP contribution in [0.5, 0.6) is 0 Å². The Morgan fingerprint density at radius 2 is 1.25 bits per heavy atom. The molecule has 1 spiro atoms. The first-order chi connectivity index (χ1) is 46.4. The van der Waals surface area contributed by atoms with Crippen LogP contribution < -0.4 is 16.0 Å². The number of hydrogen-bond acceptors (Lipinski definition) is 12. The monoisotopic (exact) mass is 1430 g/mol. The molecule has 548 valence electrons. The van der Waals surface area contributed by atoms with Crippen LogP contribution in [0.1, 0.15) is 142 Å². The summed E-state index contributed by atoms with van der Waals surface area (Å²) in [7, 11) is 9.56. The molecule has 29 heteroatoms. The Hall–Kier alpha value is -7.55. The van der Waals surface area contributed by atoms with Crippen LogP contribution in [0.25, 0.3) is 0 Å². The van der Waals surface area contributed by atoms with Crippen LogP contribution in [0, 0.1) is 17.8 Å². The van der Waals surface area contributed by atoms with E-state index >= 15 is 14.4 Å². The normalized spacial score (nSPS) is 24.9. The summed E-state index contributed by atoms with van der Waals surface area (Å²) in [6.07, 6.45) is -1.54. The van der Waals surface area contributed by atoms with Crippen LogP contribution in [0.3, 0.4) is 0 Å². The van der Waals surface area contributed by atoms with Gasteiger partial charge in [-0.05, 0) is 111 Å². The Kier molecular flexibility index (Phi) is 28.6. The van der Waals surface area contributed by atoms with Gasteiger partial charge in [-0.3, -0.25) is 57.5 Å². The van der Waals surface area contributed by atoms with Crippen molar-refractivity contribution in [3.05, 3.63) is 69.2 Å². The fourth-order valence-corrected chi connectivity index (χ4v) is 14.2. The zero-order valence-electron chi connectivity index (χ0n) is 59.5. The zero-order chi connectivity index (χ0) is 73.7. The molecule has 4 aliphatic rings. The molecule has 0 aromatic heterocycles. The van der Waals surface area contributed by atoms with Crippen molar-refractivity contribution in [1.82, 2.24) is 60.0 Å². The lowest BCUT2D eigenvalue weighted by Crippen LogP contribution is -2.65. The van der Waals surface area contributed by atoms with E-state index < -0.39 is 173 Å². The maximum Gasteiger partial charge on any atom is 0.417 e. The van der Waals surface area contributed by atoms with Crippen molar-refractivity contribution in [2.75, 3.05) is 88.6 Å². The average molecular weight is 1430 g/mol. The van der Waals surface area contributed by atoms with Crippen LogP contribution in [0.2, 0.25) is 10.0 Å². The molecule has 0 unspecified atom stereocenters. The second-order valence-corrected chi connectivity index (χ2v) is 28.9. The van der Waals surface area contributed by atoms with Gasteiger partial charge in [-0.2, -0.15) is 13.2 Å². The molecule has 24 nitrogen and oxygen atoms in total. The van der Waals surface area contributed by atoms with E-state index in [1.54, 1.807) is 49.9 Å². The number of rotatable bonds is 11. The number of halogens is 5. The molecule has 6 rings (SSSR count). The predicted octanol–water partition coefficient (Wildman–Crippen LogP) is 5.42. The molecule has 3 N–H and O–H groups in total. The minimum absolute atomic E-state index is 0.00445. The molecule has 12 amide bonds. The number of aryl methyl sites for hydroxylation is 1. The topological polar surface area (TPSA) is 270 Å². The third-order valence-electron chi connectivity index (χ3n) is 20.0. The molecular formula is C70H101Cl2F3N12O12. The molecule has 3 aliphatic heterocycles. The molecule has 0 radical (unpaired) electrons. The molecule has 3 heterocycles. The molecule has 1 saturated carbocycles. The zero-order valence-corrected chi connectivity index (χ0v) is 61.0. The smallest absolute Gasteiger partial charge is 0.343 e. The van der Waals surface area contributed by atoms with Gasteiger partial charge in [0.2, 0.25) is 70.9 Å². The largest absolute Gasteiger partial charge is 0.417 e. The summed E-state index contributed by atoms with van der Waals surface area (Å²) in [4.78, 5) is 189. The minimum atomic E-state index is -4.78. The van der Waals surface area contributed by atoms with E-state index in [1.807, 2.05) is 20.8 Å². The van der Waals surface area contributed by atoms with Gasteiger partial charge in [0.25, 0.3) is 0 Å². The van der Waals surface area contributed by atoms with Gasteiger partial charge in [0.15, 0.2) is 0 Å². The third kappa shape index (κ3) is 20.1. The molecule has 99 heavy (non-hydrogen) atoms. The summed E-state index contributed by atoms with van der Waals surface area (Å²) in [5.74, 6) is -9.75. The maximum absolute atomic E-state index is 15.4. The van der Waals surface area contributed by atoms with E-state index in [0.717, 1.165) is 38.2 Å². The fourth-order valence-electron chi connectivity index (χ4n) is 13.7. The second-order valence-electron chi connectivity index (χ2n) is 28.1. The molecule has 2 aromatic rings. The molecule has 1 aliphatic carbocycles. The number of alkyl halides is 3. The number of benzene rings is 2. The van der Waals surface area contributed by atoms with E-state index in [-0.39, 0.29) is 68.0 Å². The lowest BCUT2D eigenvalue weighted by atomic mass is 9.91. The highest BCUT2D eigenvalue weighted by atomic mass is 35.5. The van der Waals surface area contributed by atoms with Crippen molar-refractivity contribution in [3.63, 3.8) is 0 Å². The van der Waals surface area contributed by atoms with Crippen LogP contribution in [-0.2, 0) is 76.6 Å². The summed E-state index contributed by atoms with van der Waals surface area (Å²) in [6, 6.07) is 0.445. The second kappa shape index (κ2) is 35.2. The van der Waals surface area contributed by atoms with Gasteiger partial charge in [-0.25, -0.2) is 0 Å². The van der Waals surface area contributed by atoms with Gasteiger partial charge in [-0.15, -0.1) is 0 Å². The third-order valence-corrected chi connectivity index (χ3v) is 20.7. The first-order valence-corrected chi connectivity index (χ1v) is 35.1. The summed E-state index contributed by atoms with van der Waals surface area (Å²) < 4.78 is 41.5. The van der Waals surface area contributed by atoms with Gasteiger partial charge < -0.3 is 60.0 Å². The molecule has 3 saturated heterocycles. The van der Waals surface area contributed by atoms with E-state index in [0.29, 0.717) is 57.2 Å². The molecule has 8 atom stereocenters. The Morgan fingerprint density at radius 1 is 0.636 bits per heavy atom. The van der Waals surface area contributed by atoms with Crippen LogP contribution >= 0.6 is 23.2 Å². The average Bonchev–Trinajstić information content (AvgIpc) is 1.71. The molecule has 4 fully saturated rings. The number of piperidine rings is 1. The van der Waals surface area contributed by atoms with Crippen molar-refractivity contribution < 1.29 is 70.7 Å². The maximum atomic E-state index is 15.4. The van der Waals surface area contributed by atoms with Crippen molar-refractivity contribution in [2.24, 2.45) is 17.8 Å². The lowest BCUT2D eigenvalue weighted by molar-refractivity contribution is -0.156. The number of fused-ring (bicyclic) bond motifs is 1. The van der Waals surface area contributed by atoms with Crippen LogP contribution in [0.15, 0.2) is 42.5 Å². The minimum Gasteiger partial charge on any atom is -0.343 e. The SMILES string of the molecule is CC[C@H](C)[C@@H]1NC(=O)[C@H](CC(C)C)N(C)C(=O)C[C@@H](C(=O)N2CCCCC2)N(C)C(=O)[C@H](C(C)C)N(C)C(=O)C2(CCCC2)NC(=O)[C@@H]2CCCN2C(=O)[C@H](CCc2ccc(C(F)(F)F)c(Cl)c2)NC(=O)CN(C)C(=O)[C@H](Cc2ccccc2Cl)N(C)C(=O)CN(C)C(=O)CN(C)C1=O. The summed E-state index contributed by atoms with van der Waals surface area (Å²) in [5, 5.41) is 8.24. The highest BCUT2D eigenvalue weighted by Gasteiger charge is 2.51. The van der Waals surface area contributed by atoms with E-state index in [9.17, 15) is 56.3 Å².